The maximum atomic E-state index is 15.0. The van der Waals surface area contributed by atoms with E-state index in [0.717, 1.165) is 52.6 Å². The predicted molar refractivity (Wildman–Crippen MR) is 303 cm³/mol. The molecule has 0 saturated heterocycles. The number of urea groups is 2. The zero-order valence-electron chi connectivity index (χ0n) is 45.4. The molecule has 6 aromatic carbocycles. The molecule has 8 aromatic rings. The lowest BCUT2D eigenvalue weighted by Gasteiger charge is -2.32. The first-order valence-electron chi connectivity index (χ1n) is 25.6. The normalized spacial score (nSPS) is 13.0. The predicted octanol–water partition coefficient (Wildman–Crippen LogP) is 11.1. The Morgan fingerprint density at radius 3 is 1.42 bits per heavy atom. The average molecular weight is 1160 g/mol. The summed E-state index contributed by atoms with van der Waals surface area (Å²) in [5.41, 5.74) is 4.02. The molecule has 24 heteroatoms. The van der Waals surface area contributed by atoms with Crippen LogP contribution >= 0.6 is 0 Å². The largest absolute Gasteiger partial charge is 0.344 e. The number of aromatic nitrogens is 4. The van der Waals surface area contributed by atoms with E-state index < -0.39 is 81.0 Å². The summed E-state index contributed by atoms with van der Waals surface area (Å²) >= 11 is 0. The number of hydrogen-bond acceptors (Lipinski definition) is 11. The van der Waals surface area contributed by atoms with Gasteiger partial charge in [-0.1, -0.05) is 24.3 Å². The number of benzene rings is 6. The van der Waals surface area contributed by atoms with Gasteiger partial charge < -0.3 is 31.1 Å². The van der Waals surface area contributed by atoms with Gasteiger partial charge in [-0.15, -0.1) is 0 Å². The van der Waals surface area contributed by atoms with Crippen molar-refractivity contribution < 1.29 is 49.7 Å². The van der Waals surface area contributed by atoms with Crippen molar-refractivity contribution in [2.45, 2.75) is 38.5 Å². The van der Waals surface area contributed by atoms with Gasteiger partial charge in [0.15, 0.2) is 11.6 Å². The molecule has 0 fully saturated rings. The van der Waals surface area contributed by atoms with Gasteiger partial charge in [0.25, 0.3) is 11.8 Å². The first-order valence-corrected chi connectivity index (χ1v) is 27.1. The molecule has 0 saturated carbocycles. The molecule has 0 spiro atoms. The fourth-order valence-electron chi connectivity index (χ4n) is 9.09. The van der Waals surface area contributed by atoms with Gasteiger partial charge in [0, 0.05) is 64.6 Å². The van der Waals surface area contributed by atoms with Crippen LogP contribution in [0.25, 0.3) is 22.5 Å². The molecule has 10 rings (SSSR count). The van der Waals surface area contributed by atoms with E-state index in [-0.39, 0.29) is 47.1 Å². The average Bonchev–Trinajstić information content (AvgIpc) is 3.62. The standard InChI is InChI=1S/C32H32F3N7O2.C27H20F3N5O3S/c1-19-9-10-20(30(43)37-22-13-11-21(33)12-14-22)17-23(19)27-24-18-36-32(44)42(28-25(34)7-5-8-26(28)35)29(24)39-31(38-27)41(4)16-6-15-40(2)3;1-14-6-7-15(25(36)32-17-10-8-16(28)9-11-17)12-18(14)22-19-13-31-27(37)35(23-20(29)4-3-5-21(23)30)24(19)34-26(33-22)39(2)38/h5,7-14,17H,6,15-16,18H2,1-4H3,(H,36,44)(H,37,43);3-12H,13H2,1-2H3,(H,31,37)(H,32,36). The van der Waals surface area contributed by atoms with E-state index in [1.54, 1.807) is 50.4 Å². The van der Waals surface area contributed by atoms with Crippen LogP contribution in [-0.4, -0.2) is 93.4 Å². The van der Waals surface area contributed by atoms with Crippen LogP contribution < -0.4 is 36.0 Å². The van der Waals surface area contributed by atoms with Gasteiger partial charge in [-0.3, -0.25) is 13.8 Å². The maximum absolute atomic E-state index is 15.0. The molecular weight excluding hydrogens is 1100 g/mol. The minimum Gasteiger partial charge on any atom is -0.344 e. The quantitative estimate of drug-likeness (QED) is 0.0597. The molecule has 0 bridgehead atoms. The summed E-state index contributed by atoms with van der Waals surface area (Å²) in [6, 6.07) is 25.6. The molecular formula is C59H52F6N12O5S. The Labute approximate surface area is 474 Å². The molecule has 6 amide bonds. The summed E-state index contributed by atoms with van der Waals surface area (Å²) in [5, 5.41) is 10.5. The molecule has 4 heterocycles. The van der Waals surface area contributed by atoms with Crippen molar-refractivity contribution in [1.82, 2.24) is 35.5 Å². The summed E-state index contributed by atoms with van der Waals surface area (Å²) < 4.78 is 98.7. The van der Waals surface area contributed by atoms with E-state index in [1.807, 2.05) is 30.8 Å². The number of halogens is 6. The molecule has 2 aliphatic heterocycles. The fourth-order valence-corrected chi connectivity index (χ4v) is 9.52. The molecule has 1 atom stereocenters. The third-order valence-corrected chi connectivity index (χ3v) is 14.0. The number of nitrogens with zero attached hydrogens (tertiary/aromatic N) is 8. The van der Waals surface area contributed by atoms with Crippen LogP contribution in [0.5, 0.6) is 0 Å². The molecule has 0 aliphatic carbocycles. The van der Waals surface area contributed by atoms with Crippen molar-refractivity contribution in [3.63, 3.8) is 0 Å². The number of fused-ring (bicyclic) bond motifs is 2. The van der Waals surface area contributed by atoms with Crippen molar-refractivity contribution in [1.29, 1.82) is 0 Å². The first kappa shape index (κ1) is 58.1. The van der Waals surface area contributed by atoms with Gasteiger partial charge in [0.1, 0.15) is 46.3 Å². The van der Waals surface area contributed by atoms with Crippen LogP contribution in [0.3, 0.4) is 0 Å². The van der Waals surface area contributed by atoms with E-state index in [2.05, 4.69) is 36.2 Å². The zero-order chi connectivity index (χ0) is 59.4. The van der Waals surface area contributed by atoms with E-state index in [4.69, 9.17) is 4.98 Å². The molecule has 2 aliphatic rings. The minimum atomic E-state index is -1.73. The Morgan fingerprint density at radius 2 is 1.00 bits per heavy atom. The molecule has 4 N–H and O–H groups in total. The van der Waals surface area contributed by atoms with Gasteiger partial charge >= 0.3 is 12.1 Å². The molecule has 0 radical (unpaired) electrons. The first-order chi connectivity index (χ1) is 39.7. The van der Waals surface area contributed by atoms with Crippen molar-refractivity contribution in [2.24, 2.45) is 0 Å². The number of amides is 6. The number of carbonyl (C=O) groups is 4. The molecule has 17 nitrogen and oxygen atoms in total. The van der Waals surface area contributed by atoms with E-state index in [0.29, 0.717) is 57.0 Å². The highest BCUT2D eigenvalue weighted by Crippen LogP contribution is 2.42. The second-order valence-electron chi connectivity index (χ2n) is 19.5. The maximum Gasteiger partial charge on any atom is 0.328 e. The monoisotopic (exact) mass is 1150 g/mol. The van der Waals surface area contributed by atoms with Crippen LogP contribution in [0.4, 0.5) is 76.3 Å². The van der Waals surface area contributed by atoms with Crippen LogP contribution in [0, 0.1) is 48.8 Å². The number of rotatable bonds is 14. The van der Waals surface area contributed by atoms with Gasteiger partial charge in [-0.05, 0) is 149 Å². The highest BCUT2D eigenvalue weighted by Gasteiger charge is 2.37. The van der Waals surface area contributed by atoms with E-state index >= 15 is 8.78 Å². The van der Waals surface area contributed by atoms with Crippen molar-refractivity contribution in [3.8, 4) is 22.5 Å². The van der Waals surface area contributed by atoms with Crippen molar-refractivity contribution in [3.05, 3.63) is 190 Å². The van der Waals surface area contributed by atoms with E-state index in [1.165, 1.54) is 66.9 Å². The number of anilines is 7. The lowest BCUT2D eigenvalue weighted by molar-refractivity contribution is 0.101. The van der Waals surface area contributed by atoms with Gasteiger partial charge in [-0.2, -0.15) is 4.98 Å². The SMILES string of the molecule is Cc1ccc(C(=O)Nc2ccc(F)cc2)cc1-c1nc(N(C)CCCN(C)C)nc2c1CNC(=O)N2c1c(F)cccc1F.Cc1ccc(C(=O)Nc2ccc(F)cc2)cc1-c1nc(S(C)=O)nc2c1CNC(=O)N2c1c(F)cccc1F. The fraction of sp³-hybridized carbons (Fsp3) is 0.186. The van der Waals surface area contributed by atoms with Crippen LogP contribution in [-0.2, 0) is 23.9 Å². The lowest BCUT2D eigenvalue weighted by atomic mass is 9.97. The summed E-state index contributed by atoms with van der Waals surface area (Å²) in [5.74, 6) is -5.45. The Kier molecular flexibility index (Phi) is 17.3. The third kappa shape index (κ3) is 12.7. The van der Waals surface area contributed by atoms with Crippen LogP contribution in [0.15, 0.2) is 126 Å². The Balaban J connectivity index is 0.000000201. The number of hydrogen-bond donors (Lipinski definition) is 4. The summed E-state index contributed by atoms with van der Waals surface area (Å²) in [6.07, 6.45) is 2.12. The molecule has 1 unspecified atom stereocenters. The minimum absolute atomic E-state index is 0.00780. The molecule has 426 valence electrons. The summed E-state index contributed by atoms with van der Waals surface area (Å²) in [6.45, 7) is 4.90. The summed E-state index contributed by atoms with van der Waals surface area (Å²) in [7, 11) is 4.01. The molecule has 2 aromatic heterocycles. The highest BCUT2D eigenvalue weighted by atomic mass is 32.2. The topological polar surface area (TPSA) is 198 Å². The zero-order valence-corrected chi connectivity index (χ0v) is 46.2. The van der Waals surface area contributed by atoms with Gasteiger partial charge in [0.2, 0.25) is 11.1 Å². The number of carbonyl (C=O) groups excluding carboxylic acids is 4. The molecule has 83 heavy (non-hydrogen) atoms. The van der Waals surface area contributed by atoms with Crippen LogP contribution in [0.1, 0.15) is 49.4 Å². The Hall–Kier alpha value is -9.55. The summed E-state index contributed by atoms with van der Waals surface area (Å²) in [4.78, 5) is 76.0. The second-order valence-corrected chi connectivity index (χ2v) is 20.7. The van der Waals surface area contributed by atoms with Gasteiger partial charge in [0.05, 0.1) is 35.3 Å². The Morgan fingerprint density at radius 1 is 0.578 bits per heavy atom. The number of aryl methyl sites for hydroxylation is 2. The third-order valence-electron chi connectivity index (χ3n) is 13.3. The Bertz CT molecular complexity index is 3840. The van der Waals surface area contributed by atoms with Gasteiger partial charge in [-0.25, -0.2) is 60.7 Å². The number of nitrogens with one attached hydrogen (secondary N) is 4. The van der Waals surface area contributed by atoms with Crippen LogP contribution in [0.2, 0.25) is 0 Å². The second kappa shape index (κ2) is 24.7. The number of para-hydroxylation sites is 2. The van der Waals surface area contributed by atoms with Crippen molar-refractivity contribution >= 4 is 75.0 Å². The lowest BCUT2D eigenvalue weighted by Crippen LogP contribution is -2.43. The van der Waals surface area contributed by atoms with Crippen molar-refractivity contribution in [2.75, 3.05) is 65.8 Å². The highest BCUT2D eigenvalue weighted by molar-refractivity contribution is 7.84. The van der Waals surface area contributed by atoms with E-state index in [9.17, 15) is 40.9 Å². The smallest absolute Gasteiger partial charge is 0.328 e.